The van der Waals surface area contributed by atoms with E-state index < -0.39 is 12.0 Å². The van der Waals surface area contributed by atoms with Crippen LogP contribution in [0.15, 0.2) is 12.1 Å². The van der Waals surface area contributed by atoms with Crippen LogP contribution in [0.1, 0.15) is 11.9 Å². The quantitative estimate of drug-likeness (QED) is 0.852. The molecule has 0 aliphatic rings. The Morgan fingerprint density at radius 3 is 2.94 bits per heavy atom. The lowest BCUT2D eigenvalue weighted by Gasteiger charge is -2.08. The molecule has 0 spiro atoms. The third kappa shape index (κ3) is 2.11. The van der Waals surface area contributed by atoms with Crippen LogP contribution in [0.3, 0.4) is 0 Å². The largest absolute Gasteiger partial charge is 0.480 e. The number of carboxylic acids is 1. The van der Waals surface area contributed by atoms with Gasteiger partial charge in [-0.3, -0.25) is 4.79 Å². The lowest BCUT2D eigenvalue weighted by Crippen LogP contribution is -2.25. The number of hydrogen-bond acceptors (Lipinski definition) is 5. The first-order chi connectivity index (χ1) is 7.56. The predicted octanol–water partition coefficient (Wildman–Crippen LogP) is 1.88. The number of aliphatic carboxylic acids is 1. The van der Waals surface area contributed by atoms with E-state index in [1.54, 1.807) is 13.0 Å². The molecular weight excluding hydrogens is 226 g/mol. The van der Waals surface area contributed by atoms with Gasteiger partial charge >= 0.3 is 5.97 Å². The summed E-state index contributed by atoms with van der Waals surface area (Å²) in [4.78, 5) is 20.1. The second-order valence-corrected chi connectivity index (χ2v) is 4.64. The monoisotopic (exact) mass is 237 g/mol. The van der Waals surface area contributed by atoms with Crippen molar-refractivity contribution < 1.29 is 9.90 Å². The molecule has 0 saturated carbocycles. The molecule has 0 radical (unpaired) electrons. The number of nitrogens with one attached hydrogen (secondary N) is 1. The fraction of sp³-hybridized carbons (Fsp3) is 0.300. The predicted molar refractivity (Wildman–Crippen MR) is 62.9 cm³/mol. The Balaban J connectivity index is 2.28. The maximum absolute atomic E-state index is 10.7. The highest BCUT2D eigenvalue weighted by atomic mass is 32.1. The van der Waals surface area contributed by atoms with Crippen molar-refractivity contribution >= 4 is 33.5 Å². The van der Waals surface area contributed by atoms with E-state index in [2.05, 4.69) is 15.3 Å². The zero-order chi connectivity index (χ0) is 11.7. The topological polar surface area (TPSA) is 75.1 Å². The molecule has 2 aromatic rings. The van der Waals surface area contributed by atoms with Gasteiger partial charge in [0.25, 0.3) is 0 Å². The number of anilines is 1. The van der Waals surface area contributed by atoms with E-state index in [0.717, 1.165) is 15.4 Å². The van der Waals surface area contributed by atoms with Crippen LogP contribution in [0.2, 0.25) is 0 Å². The maximum Gasteiger partial charge on any atom is 0.325 e. The molecule has 0 bridgehead atoms. The lowest BCUT2D eigenvalue weighted by molar-refractivity contribution is -0.137. The fourth-order valence-corrected chi connectivity index (χ4v) is 2.08. The second kappa shape index (κ2) is 4.05. The van der Waals surface area contributed by atoms with Gasteiger partial charge in [0.2, 0.25) is 0 Å². The van der Waals surface area contributed by atoms with E-state index in [4.69, 9.17) is 5.11 Å². The number of rotatable bonds is 3. The van der Waals surface area contributed by atoms with E-state index in [-0.39, 0.29) is 0 Å². The number of carbonyl (C=O) groups is 1. The minimum Gasteiger partial charge on any atom is -0.480 e. The SMILES string of the molecule is Cc1nc2ccc(NC(C)C(=O)O)nc2s1. The molecule has 6 heteroatoms. The molecule has 0 fully saturated rings. The van der Waals surface area contributed by atoms with Gasteiger partial charge in [0.05, 0.1) is 5.01 Å². The Morgan fingerprint density at radius 2 is 2.25 bits per heavy atom. The lowest BCUT2D eigenvalue weighted by atomic mass is 10.3. The fourth-order valence-electron chi connectivity index (χ4n) is 1.29. The Labute approximate surface area is 96.2 Å². The summed E-state index contributed by atoms with van der Waals surface area (Å²) in [7, 11) is 0. The summed E-state index contributed by atoms with van der Waals surface area (Å²) in [6.45, 7) is 3.49. The van der Waals surface area contributed by atoms with Gasteiger partial charge in [-0.05, 0) is 26.0 Å². The first-order valence-corrected chi connectivity index (χ1v) is 5.61. The first kappa shape index (κ1) is 10.8. The molecule has 1 atom stereocenters. The number of carboxylic acid groups (broad SMARTS) is 1. The zero-order valence-corrected chi connectivity index (χ0v) is 9.71. The number of hydrogen-bond donors (Lipinski definition) is 2. The number of pyridine rings is 1. The normalized spacial score (nSPS) is 12.6. The van der Waals surface area contributed by atoms with Crippen molar-refractivity contribution in [1.82, 2.24) is 9.97 Å². The Bertz CT molecular complexity index is 538. The zero-order valence-electron chi connectivity index (χ0n) is 8.89. The summed E-state index contributed by atoms with van der Waals surface area (Å²) < 4.78 is 0. The molecule has 5 nitrogen and oxygen atoms in total. The van der Waals surface area contributed by atoms with E-state index in [0.29, 0.717) is 5.82 Å². The highest BCUT2D eigenvalue weighted by Gasteiger charge is 2.11. The summed E-state index contributed by atoms with van der Waals surface area (Å²) in [6.07, 6.45) is 0. The van der Waals surface area contributed by atoms with Gasteiger partial charge in [-0.15, -0.1) is 0 Å². The van der Waals surface area contributed by atoms with E-state index in [1.807, 2.05) is 13.0 Å². The smallest absolute Gasteiger partial charge is 0.325 e. The van der Waals surface area contributed by atoms with Crippen LogP contribution in [0.5, 0.6) is 0 Å². The molecule has 0 saturated heterocycles. The Kier molecular flexibility index (Phi) is 2.74. The van der Waals surface area contributed by atoms with Crippen LogP contribution in [0.4, 0.5) is 5.82 Å². The third-order valence-electron chi connectivity index (χ3n) is 2.10. The van der Waals surface area contributed by atoms with Crippen LogP contribution in [0, 0.1) is 6.92 Å². The Hall–Kier alpha value is -1.69. The molecule has 1 unspecified atom stereocenters. The van der Waals surface area contributed by atoms with Gasteiger partial charge in [0.15, 0.2) is 0 Å². The maximum atomic E-state index is 10.7. The summed E-state index contributed by atoms with van der Waals surface area (Å²) in [5, 5.41) is 12.5. The van der Waals surface area contributed by atoms with Crippen molar-refractivity contribution in [3.05, 3.63) is 17.1 Å². The number of fused-ring (bicyclic) bond motifs is 1. The van der Waals surface area contributed by atoms with Crippen molar-refractivity contribution in [3.8, 4) is 0 Å². The number of aromatic nitrogens is 2. The molecule has 84 valence electrons. The minimum atomic E-state index is -0.901. The molecular formula is C10H11N3O2S. The highest BCUT2D eigenvalue weighted by Crippen LogP contribution is 2.21. The van der Waals surface area contributed by atoms with Gasteiger partial charge in [-0.2, -0.15) is 0 Å². The van der Waals surface area contributed by atoms with Crippen molar-refractivity contribution in [2.24, 2.45) is 0 Å². The van der Waals surface area contributed by atoms with E-state index in [1.165, 1.54) is 11.3 Å². The number of aryl methyl sites for hydroxylation is 1. The summed E-state index contributed by atoms with van der Waals surface area (Å²) >= 11 is 1.49. The van der Waals surface area contributed by atoms with E-state index in [9.17, 15) is 4.79 Å². The average molecular weight is 237 g/mol. The van der Waals surface area contributed by atoms with Gasteiger partial charge in [0.1, 0.15) is 22.2 Å². The number of thiazole rings is 1. The van der Waals surface area contributed by atoms with Crippen LogP contribution < -0.4 is 5.32 Å². The average Bonchev–Trinajstić information content (AvgIpc) is 2.57. The van der Waals surface area contributed by atoms with Gasteiger partial charge in [0, 0.05) is 0 Å². The van der Waals surface area contributed by atoms with Crippen LogP contribution in [-0.4, -0.2) is 27.1 Å². The van der Waals surface area contributed by atoms with Gasteiger partial charge in [-0.25, -0.2) is 9.97 Å². The summed E-state index contributed by atoms with van der Waals surface area (Å²) in [5.74, 6) is -0.339. The Morgan fingerprint density at radius 1 is 1.50 bits per heavy atom. The highest BCUT2D eigenvalue weighted by molar-refractivity contribution is 7.18. The molecule has 2 N–H and O–H groups in total. The molecule has 2 aromatic heterocycles. The van der Waals surface area contributed by atoms with E-state index >= 15 is 0 Å². The number of nitrogens with zero attached hydrogens (tertiary/aromatic N) is 2. The van der Waals surface area contributed by atoms with Crippen LogP contribution in [-0.2, 0) is 4.79 Å². The molecule has 0 aromatic carbocycles. The second-order valence-electron chi connectivity index (χ2n) is 3.46. The molecule has 2 heterocycles. The summed E-state index contributed by atoms with van der Waals surface area (Å²) in [6, 6.07) is 2.92. The standard InChI is InChI=1S/C10H11N3O2S/c1-5(10(14)15)11-8-4-3-7-9(13-8)16-6(2)12-7/h3-5H,1-2H3,(H,11,13)(H,14,15). The molecule has 16 heavy (non-hydrogen) atoms. The molecule has 0 aliphatic heterocycles. The third-order valence-corrected chi connectivity index (χ3v) is 2.98. The van der Waals surface area contributed by atoms with Crippen molar-refractivity contribution in [2.75, 3.05) is 5.32 Å². The van der Waals surface area contributed by atoms with Gasteiger partial charge < -0.3 is 10.4 Å². The molecule has 2 rings (SSSR count). The van der Waals surface area contributed by atoms with Crippen LogP contribution >= 0.6 is 11.3 Å². The molecule has 0 amide bonds. The van der Waals surface area contributed by atoms with Gasteiger partial charge in [-0.1, -0.05) is 11.3 Å². The van der Waals surface area contributed by atoms with Crippen molar-refractivity contribution in [3.63, 3.8) is 0 Å². The van der Waals surface area contributed by atoms with Crippen molar-refractivity contribution in [1.29, 1.82) is 0 Å². The van der Waals surface area contributed by atoms with Crippen LogP contribution in [0.25, 0.3) is 10.3 Å². The van der Waals surface area contributed by atoms with Crippen molar-refractivity contribution in [2.45, 2.75) is 19.9 Å². The molecule has 0 aliphatic carbocycles. The first-order valence-electron chi connectivity index (χ1n) is 4.80. The minimum absolute atomic E-state index is 0.561. The summed E-state index contributed by atoms with van der Waals surface area (Å²) in [5.41, 5.74) is 0.844.